The van der Waals surface area contributed by atoms with Gasteiger partial charge in [-0.15, -0.1) is 24.0 Å². The normalized spacial score (nSPS) is 21.8. The zero-order valence-corrected chi connectivity index (χ0v) is 18.9. The van der Waals surface area contributed by atoms with E-state index in [1.165, 1.54) is 11.1 Å². The van der Waals surface area contributed by atoms with E-state index in [-0.39, 0.29) is 36.1 Å². The molecule has 5 nitrogen and oxygen atoms in total. The molecule has 1 aromatic rings. The molecule has 6 heteroatoms. The van der Waals surface area contributed by atoms with E-state index in [0.29, 0.717) is 12.6 Å². The minimum atomic E-state index is -0.128. The predicted octanol–water partition coefficient (Wildman–Crippen LogP) is 3.07. The van der Waals surface area contributed by atoms with E-state index in [2.05, 4.69) is 67.7 Å². The highest BCUT2D eigenvalue weighted by molar-refractivity contribution is 14.0. The van der Waals surface area contributed by atoms with Gasteiger partial charge in [-0.25, -0.2) is 0 Å². The molecule has 1 atom stereocenters. The maximum Gasteiger partial charge on any atom is 0.191 e. The van der Waals surface area contributed by atoms with Gasteiger partial charge in [0.1, 0.15) is 0 Å². The SMILES string of the molecule is CCNC(=NCC(c1ccc(C)cc1)N(C)C)NC1CCC(O)CC1.I. The summed E-state index contributed by atoms with van der Waals surface area (Å²) >= 11 is 0. The molecule has 2 rings (SSSR count). The number of halogens is 1. The summed E-state index contributed by atoms with van der Waals surface area (Å²) in [6, 6.07) is 9.36. The Bertz CT molecular complexity index is 539. The summed E-state index contributed by atoms with van der Waals surface area (Å²) in [6.07, 6.45) is 3.63. The number of aliphatic hydroxyl groups excluding tert-OH is 1. The standard InChI is InChI=1S/C20H34N4O.HI/c1-5-21-20(23-17-10-12-18(25)13-11-17)22-14-19(24(3)4)16-8-6-15(2)7-9-16;/h6-9,17-19,25H,5,10-14H2,1-4H3,(H2,21,22,23);1H. The van der Waals surface area contributed by atoms with Crippen molar-refractivity contribution < 1.29 is 5.11 Å². The molecule has 26 heavy (non-hydrogen) atoms. The number of nitrogens with zero attached hydrogens (tertiary/aromatic N) is 2. The quantitative estimate of drug-likeness (QED) is 0.337. The molecule has 0 amide bonds. The zero-order chi connectivity index (χ0) is 18.2. The predicted molar refractivity (Wildman–Crippen MR) is 120 cm³/mol. The fourth-order valence-corrected chi connectivity index (χ4v) is 3.27. The smallest absolute Gasteiger partial charge is 0.191 e. The lowest BCUT2D eigenvalue weighted by Gasteiger charge is -2.28. The molecule has 0 heterocycles. The molecule has 1 unspecified atom stereocenters. The molecule has 148 valence electrons. The van der Waals surface area contributed by atoms with Crippen LogP contribution in [0, 0.1) is 6.92 Å². The van der Waals surface area contributed by atoms with Crippen LogP contribution in [0.4, 0.5) is 0 Å². The van der Waals surface area contributed by atoms with Crippen LogP contribution in [0.2, 0.25) is 0 Å². The largest absolute Gasteiger partial charge is 0.393 e. The number of hydrogen-bond donors (Lipinski definition) is 3. The minimum absolute atomic E-state index is 0. The Hall–Kier alpha value is -0.860. The van der Waals surface area contributed by atoms with Crippen LogP contribution in [0.1, 0.15) is 49.8 Å². The molecule has 1 aliphatic carbocycles. The van der Waals surface area contributed by atoms with E-state index in [4.69, 9.17) is 4.99 Å². The van der Waals surface area contributed by atoms with E-state index in [9.17, 15) is 5.11 Å². The average molecular weight is 474 g/mol. The lowest BCUT2D eigenvalue weighted by molar-refractivity contribution is 0.120. The monoisotopic (exact) mass is 474 g/mol. The van der Waals surface area contributed by atoms with Crippen LogP contribution < -0.4 is 10.6 Å². The Morgan fingerprint density at radius 1 is 1.19 bits per heavy atom. The third-order valence-electron chi connectivity index (χ3n) is 4.89. The fourth-order valence-electron chi connectivity index (χ4n) is 3.27. The Balaban J connectivity index is 0.00000338. The number of aryl methyl sites for hydroxylation is 1. The molecule has 0 saturated heterocycles. The first-order valence-electron chi connectivity index (χ1n) is 9.45. The summed E-state index contributed by atoms with van der Waals surface area (Å²) in [7, 11) is 4.20. The van der Waals surface area contributed by atoms with Gasteiger partial charge in [0.25, 0.3) is 0 Å². The van der Waals surface area contributed by atoms with Crippen LogP contribution in [0.25, 0.3) is 0 Å². The second-order valence-electron chi connectivity index (χ2n) is 7.26. The summed E-state index contributed by atoms with van der Waals surface area (Å²) in [5, 5.41) is 16.6. The van der Waals surface area contributed by atoms with Gasteiger partial charge in [0.05, 0.1) is 18.7 Å². The number of rotatable bonds is 6. The van der Waals surface area contributed by atoms with Gasteiger partial charge in [-0.1, -0.05) is 29.8 Å². The molecule has 3 N–H and O–H groups in total. The number of benzene rings is 1. The zero-order valence-electron chi connectivity index (χ0n) is 16.5. The molecule has 0 radical (unpaired) electrons. The van der Waals surface area contributed by atoms with Crippen molar-refractivity contribution in [2.75, 3.05) is 27.2 Å². The lowest BCUT2D eigenvalue weighted by atomic mass is 9.93. The Morgan fingerprint density at radius 2 is 1.81 bits per heavy atom. The Labute approximate surface area is 175 Å². The van der Waals surface area contributed by atoms with Gasteiger partial charge < -0.3 is 20.6 Å². The molecule has 1 aliphatic rings. The first-order valence-corrected chi connectivity index (χ1v) is 9.45. The molecule has 1 fully saturated rings. The molecule has 0 spiro atoms. The highest BCUT2D eigenvalue weighted by Gasteiger charge is 2.20. The van der Waals surface area contributed by atoms with Crippen molar-refractivity contribution in [3.63, 3.8) is 0 Å². The van der Waals surface area contributed by atoms with Crippen molar-refractivity contribution in [1.29, 1.82) is 0 Å². The third kappa shape index (κ3) is 7.40. The van der Waals surface area contributed by atoms with Crippen molar-refractivity contribution >= 4 is 29.9 Å². The highest BCUT2D eigenvalue weighted by Crippen LogP contribution is 2.20. The van der Waals surface area contributed by atoms with Gasteiger partial charge in [-0.2, -0.15) is 0 Å². The van der Waals surface area contributed by atoms with E-state index in [1.807, 2.05) is 0 Å². The van der Waals surface area contributed by atoms with Gasteiger partial charge in [0.15, 0.2) is 5.96 Å². The number of aliphatic hydroxyl groups is 1. The molecule has 1 saturated carbocycles. The van der Waals surface area contributed by atoms with Crippen molar-refractivity contribution in [2.45, 2.75) is 57.7 Å². The summed E-state index contributed by atoms with van der Waals surface area (Å²) in [4.78, 5) is 7.05. The lowest BCUT2D eigenvalue weighted by Crippen LogP contribution is -2.45. The molecule has 0 aliphatic heterocycles. The van der Waals surface area contributed by atoms with Crippen molar-refractivity contribution in [3.8, 4) is 0 Å². The molecular weight excluding hydrogens is 439 g/mol. The van der Waals surface area contributed by atoms with Gasteiger partial charge in [0.2, 0.25) is 0 Å². The second kappa shape index (κ2) is 11.8. The first kappa shape index (κ1) is 23.2. The summed E-state index contributed by atoms with van der Waals surface area (Å²) in [5.74, 6) is 0.878. The van der Waals surface area contributed by atoms with Crippen molar-refractivity contribution in [2.24, 2.45) is 4.99 Å². The van der Waals surface area contributed by atoms with Crippen molar-refractivity contribution in [3.05, 3.63) is 35.4 Å². The van der Waals surface area contributed by atoms with Crippen LogP contribution in [-0.2, 0) is 0 Å². The minimum Gasteiger partial charge on any atom is -0.393 e. The van der Waals surface area contributed by atoms with Crippen LogP contribution >= 0.6 is 24.0 Å². The number of nitrogens with one attached hydrogen (secondary N) is 2. The van der Waals surface area contributed by atoms with Gasteiger partial charge in [-0.3, -0.25) is 4.99 Å². The van der Waals surface area contributed by atoms with Crippen LogP contribution in [0.5, 0.6) is 0 Å². The number of likely N-dealkylation sites (N-methyl/N-ethyl adjacent to an activating group) is 1. The summed E-state index contributed by atoms with van der Waals surface area (Å²) < 4.78 is 0. The van der Waals surface area contributed by atoms with Crippen molar-refractivity contribution in [1.82, 2.24) is 15.5 Å². The van der Waals surface area contributed by atoms with E-state index in [0.717, 1.165) is 38.2 Å². The average Bonchev–Trinajstić information content (AvgIpc) is 2.58. The Morgan fingerprint density at radius 3 is 2.35 bits per heavy atom. The molecule has 0 aromatic heterocycles. The number of hydrogen-bond acceptors (Lipinski definition) is 3. The maximum atomic E-state index is 9.67. The fraction of sp³-hybridized carbons (Fsp3) is 0.650. The van der Waals surface area contributed by atoms with Crippen LogP contribution in [0.15, 0.2) is 29.3 Å². The number of aliphatic imine (C=N–C) groups is 1. The maximum absolute atomic E-state index is 9.67. The van der Waals surface area contributed by atoms with E-state index >= 15 is 0 Å². The van der Waals surface area contributed by atoms with Gasteiger partial charge >= 0.3 is 0 Å². The third-order valence-corrected chi connectivity index (χ3v) is 4.89. The summed E-state index contributed by atoms with van der Waals surface area (Å²) in [6.45, 7) is 5.76. The second-order valence-corrected chi connectivity index (χ2v) is 7.26. The summed E-state index contributed by atoms with van der Waals surface area (Å²) in [5.41, 5.74) is 2.57. The first-order chi connectivity index (χ1) is 12.0. The molecule has 1 aromatic carbocycles. The topological polar surface area (TPSA) is 59.9 Å². The highest BCUT2D eigenvalue weighted by atomic mass is 127. The van der Waals surface area contributed by atoms with Crippen LogP contribution in [-0.4, -0.2) is 55.3 Å². The van der Waals surface area contributed by atoms with Gasteiger partial charge in [0, 0.05) is 12.6 Å². The van der Waals surface area contributed by atoms with Crippen LogP contribution in [0.3, 0.4) is 0 Å². The van der Waals surface area contributed by atoms with Gasteiger partial charge in [-0.05, 0) is 59.2 Å². The number of guanidine groups is 1. The van der Waals surface area contributed by atoms with E-state index in [1.54, 1.807) is 0 Å². The molecule has 0 bridgehead atoms. The van der Waals surface area contributed by atoms with E-state index < -0.39 is 0 Å². The Kier molecular flexibility index (Phi) is 10.5. The molecular formula is C20H35IN4O.